The molecule has 0 aliphatic rings. The van der Waals surface area contributed by atoms with Gasteiger partial charge >= 0.3 is 45.6 Å². The smallest absolute Gasteiger partial charge is 0.323 e. The van der Waals surface area contributed by atoms with E-state index in [1.54, 1.807) is 0 Å². The molecule has 0 aromatic heterocycles. The van der Waals surface area contributed by atoms with Gasteiger partial charge in [0.2, 0.25) is 16.6 Å². The molecule has 0 amide bonds. The molecular formula is C9H29N3O18P6. The summed E-state index contributed by atoms with van der Waals surface area (Å²) in [5.41, 5.74) is -9.29. The van der Waals surface area contributed by atoms with E-state index in [4.69, 9.17) is 0 Å². The maximum Gasteiger partial charge on any atom is 0.355 e. The summed E-state index contributed by atoms with van der Waals surface area (Å²) in [4.78, 5) is 113. The van der Waals surface area contributed by atoms with Crippen molar-refractivity contribution in [2.75, 3.05) is 40.3 Å². The van der Waals surface area contributed by atoms with E-state index in [-0.39, 0.29) is 6.54 Å². The van der Waals surface area contributed by atoms with E-state index in [1.807, 2.05) is 0 Å². The molecule has 0 spiro atoms. The van der Waals surface area contributed by atoms with E-state index >= 15 is 0 Å². The standard InChI is InChI=1S/C9H29N3O18P6/c1-10(3-5-11(2)7(31(13,14)15)32(16,17)18)4-6-12(8(33(19,20)21)34(22,23)24)9(35(25,26)27)36(28,29)30/h7-9H,3-6H2,1-2H3,(H2,13,14,15)(H2,16,17,18)(H2,19,20,21)(H2,22,23,24)(H2,25,26,27)(H2,28,29,30). The van der Waals surface area contributed by atoms with Gasteiger partial charge in [0.05, 0.1) is 0 Å². The molecule has 0 heterocycles. The molecule has 27 heteroatoms. The van der Waals surface area contributed by atoms with Crippen LogP contribution in [0.1, 0.15) is 0 Å². The molecule has 0 aromatic carbocycles. The van der Waals surface area contributed by atoms with Gasteiger partial charge in [-0.05, 0) is 14.1 Å². The van der Waals surface area contributed by atoms with Gasteiger partial charge < -0.3 is 63.6 Å². The lowest BCUT2D eigenvalue weighted by Crippen LogP contribution is -2.47. The predicted octanol–water partition coefficient (Wildman–Crippen LogP) is -2.93. The number of rotatable bonds is 15. The molecule has 218 valence electrons. The van der Waals surface area contributed by atoms with Gasteiger partial charge in [-0.15, -0.1) is 0 Å². The molecule has 0 bridgehead atoms. The third kappa shape index (κ3) is 11.5. The fourth-order valence-electron chi connectivity index (χ4n) is 3.07. The molecule has 12 N–H and O–H groups in total. The van der Waals surface area contributed by atoms with Crippen LogP contribution in [0.15, 0.2) is 0 Å². The highest BCUT2D eigenvalue weighted by Crippen LogP contribution is 2.68. The van der Waals surface area contributed by atoms with E-state index in [0.29, 0.717) is 4.90 Å². The summed E-state index contributed by atoms with van der Waals surface area (Å²) in [6, 6.07) is 0. The first-order valence-corrected chi connectivity index (χ1v) is 19.1. The van der Waals surface area contributed by atoms with E-state index in [2.05, 4.69) is 0 Å². The Morgan fingerprint density at radius 2 is 0.694 bits per heavy atom. The molecule has 21 nitrogen and oxygen atoms in total. The Morgan fingerprint density at radius 3 is 0.944 bits per heavy atom. The lowest BCUT2D eigenvalue weighted by atomic mass is 10.4. The SMILES string of the molecule is CN(CCN(C)C(P(=O)(O)O)P(=O)(O)O)CCN(C(P(=O)(O)O)P(=O)(O)O)C(P(=O)(O)O)P(=O)(O)O. The first-order chi connectivity index (χ1) is 15.5. The maximum absolute atomic E-state index is 11.8. The minimum absolute atomic E-state index is 0.367. The average Bonchev–Trinajstić information content (AvgIpc) is 2.49. The third-order valence-corrected chi connectivity index (χ3v) is 15.4. The van der Waals surface area contributed by atoms with E-state index in [0.717, 1.165) is 19.0 Å². The van der Waals surface area contributed by atoms with Gasteiger partial charge in [-0.3, -0.25) is 37.2 Å². The number of nitrogens with zero attached hydrogens (tertiary/aromatic N) is 3. The van der Waals surface area contributed by atoms with Crippen molar-refractivity contribution in [3.05, 3.63) is 0 Å². The molecule has 0 saturated carbocycles. The van der Waals surface area contributed by atoms with Gasteiger partial charge in [0, 0.05) is 26.2 Å². The van der Waals surface area contributed by atoms with Gasteiger partial charge in [-0.25, -0.2) is 0 Å². The van der Waals surface area contributed by atoms with Crippen LogP contribution in [0.25, 0.3) is 0 Å². The van der Waals surface area contributed by atoms with Crippen LogP contribution in [0.2, 0.25) is 0 Å². The normalized spacial score (nSPS) is 15.3. The largest absolute Gasteiger partial charge is 0.355 e. The first kappa shape index (κ1) is 36.8. The zero-order valence-corrected chi connectivity index (χ0v) is 23.8. The van der Waals surface area contributed by atoms with E-state index < -0.39 is 86.7 Å². The Bertz CT molecular complexity index is 919. The van der Waals surface area contributed by atoms with Crippen molar-refractivity contribution in [3.8, 4) is 0 Å². The van der Waals surface area contributed by atoms with Gasteiger partial charge in [-0.2, -0.15) is 0 Å². The van der Waals surface area contributed by atoms with E-state index in [9.17, 15) is 86.1 Å². The summed E-state index contributed by atoms with van der Waals surface area (Å²) in [6.07, 6.45) is 0. The molecule has 36 heavy (non-hydrogen) atoms. The van der Waals surface area contributed by atoms with Crippen LogP contribution in [-0.2, 0) is 27.4 Å². The molecule has 0 aliphatic heterocycles. The van der Waals surface area contributed by atoms with Gasteiger partial charge in [0.15, 0.2) is 0 Å². The Labute approximate surface area is 203 Å². The van der Waals surface area contributed by atoms with Crippen molar-refractivity contribution in [2.45, 2.75) is 16.6 Å². The molecule has 0 fully saturated rings. The van der Waals surface area contributed by atoms with Crippen molar-refractivity contribution in [1.82, 2.24) is 14.7 Å². The van der Waals surface area contributed by atoms with Crippen molar-refractivity contribution in [1.29, 1.82) is 0 Å². The minimum atomic E-state index is -6.01. The quantitative estimate of drug-likeness (QED) is 0.0787. The lowest BCUT2D eigenvalue weighted by molar-refractivity contribution is 0.174. The van der Waals surface area contributed by atoms with Crippen molar-refractivity contribution in [3.63, 3.8) is 0 Å². The zero-order valence-electron chi connectivity index (χ0n) is 18.4. The van der Waals surface area contributed by atoms with Crippen molar-refractivity contribution < 1.29 is 86.1 Å². The van der Waals surface area contributed by atoms with Gasteiger partial charge in [-0.1, -0.05) is 0 Å². The van der Waals surface area contributed by atoms with Crippen LogP contribution in [0.3, 0.4) is 0 Å². The van der Waals surface area contributed by atoms with Crippen LogP contribution in [0.4, 0.5) is 0 Å². The van der Waals surface area contributed by atoms with Crippen molar-refractivity contribution in [2.24, 2.45) is 0 Å². The van der Waals surface area contributed by atoms with Crippen molar-refractivity contribution >= 4 is 45.6 Å². The van der Waals surface area contributed by atoms with Crippen LogP contribution in [0, 0.1) is 0 Å². The highest BCUT2D eigenvalue weighted by molar-refractivity contribution is 7.72. The topological polar surface area (TPSA) is 355 Å². The molecular weight excluding hydrogens is 624 g/mol. The molecule has 0 rings (SSSR count). The molecule has 0 unspecified atom stereocenters. The summed E-state index contributed by atoms with van der Waals surface area (Å²) in [5, 5.41) is 0. The van der Waals surface area contributed by atoms with Gasteiger partial charge in [0.25, 0.3) is 0 Å². The van der Waals surface area contributed by atoms with Crippen LogP contribution in [0.5, 0.6) is 0 Å². The second kappa shape index (κ2) is 12.5. The number of hydrogen-bond acceptors (Lipinski definition) is 9. The third-order valence-electron chi connectivity index (χ3n) is 4.37. The monoisotopic (exact) mass is 653 g/mol. The second-order valence-corrected chi connectivity index (χ2v) is 18.8. The Balaban J connectivity index is 6.07. The fourth-order valence-corrected chi connectivity index (χ4v) is 12.0. The van der Waals surface area contributed by atoms with Crippen LogP contribution >= 0.6 is 45.6 Å². The summed E-state index contributed by atoms with van der Waals surface area (Å²) in [6.45, 7) is -2.72. The fraction of sp³-hybridized carbons (Fsp3) is 1.00. The molecule has 0 aromatic rings. The summed E-state index contributed by atoms with van der Waals surface area (Å²) in [5.74, 6) is 0. The first-order valence-electron chi connectivity index (χ1n) is 8.98. The predicted molar refractivity (Wildman–Crippen MR) is 120 cm³/mol. The molecule has 0 atom stereocenters. The summed E-state index contributed by atoms with van der Waals surface area (Å²) in [7, 11) is -32.7. The Hall–Kier alpha value is 0.780. The molecule has 0 aliphatic carbocycles. The van der Waals surface area contributed by atoms with Crippen LogP contribution in [-0.4, -0.2) is 130 Å². The van der Waals surface area contributed by atoms with Gasteiger partial charge in [0.1, 0.15) is 0 Å². The van der Waals surface area contributed by atoms with Crippen LogP contribution < -0.4 is 0 Å². The summed E-state index contributed by atoms with van der Waals surface area (Å²) >= 11 is 0. The number of likely N-dealkylation sites (N-methyl/N-ethyl adjacent to an activating group) is 2. The highest BCUT2D eigenvalue weighted by Gasteiger charge is 2.58. The van der Waals surface area contributed by atoms with E-state index in [1.165, 1.54) is 0 Å². The molecule has 0 radical (unpaired) electrons. The minimum Gasteiger partial charge on any atom is -0.323 e. The lowest BCUT2D eigenvalue weighted by Gasteiger charge is -2.38. The highest BCUT2D eigenvalue weighted by atomic mass is 31.2. The average molecular weight is 653 g/mol. The maximum atomic E-state index is 11.8. The summed E-state index contributed by atoms with van der Waals surface area (Å²) < 4.78 is 70.0. The Kier molecular flexibility index (Phi) is 12.8. The number of hydrogen-bond donors (Lipinski definition) is 12. The molecule has 0 saturated heterocycles. The Morgan fingerprint density at radius 1 is 0.444 bits per heavy atom. The zero-order chi connectivity index (χ0) is 29.3. The second-order valence-electron chi connectivity index (χ2n) is 7.60.